The molecule has 10 atom stereocenters. The molecule has 24 nitrogen and oxygen atoms in total. The van der Waals surface area contributed by atoms with Crippen molar-refractivity contribution in [3.05, 3.63) is 25.3 Å². The molecule has 0 saturated carbocycles. The second-order valence-corrected chi connectivity index (χ2v) is 19.6. The van der Waals surface area contributed by atoms with Crippen molar-refractivity contribution in [1.82, 2.24) is 39.0 Å². The number of nitrogens with two attached hydrogens (primary N) is 2. The number of halogens is 2. The molecule has 7 heterocycles. The van der Waals surface area contributed by atoms with Gasteiger partial charge in [-0.05, 0) is 41.5 Å². The fourth-order valence-electron chi connectivity index (χ4n) is 6.16. The Morgan fingerprint density at radius 3 is 1.84 bits per heavy atom. The van der Waals surface area contributed by atoms with Crippen LogP contribution in [-0.2, 0) is 65.0 Å². The van der Waals surface area contributed by atoms with E-state index in [1.54, 1.807) is 41.5 Å². The number of hydrogen-bond acceptors (Lipinski definition) is 22. The van der Waals surface area contributed by atoms with Crippen LogP contribution < -0.4 is 11.5 Å². The van der Waals surface area contributed by atoms with Crippen LogP contribution >= 0.6 is 15.4 Å². The highest BCUT2D eigenvalue weighted by atomic mass is 31.2. The summed E-state index contributed by atoms with van der Waals surface area (Å²) in [5, 5.41) is 0. The predicted octanol–water partition coefficient (Wildman–Crippen LogP) is 3.50. The number of nitrogen functional groups attached to an aromatic ring is 2. The van der Waals surface area contributed by atoms with Crippen molar-refractivity contribution in [2.45, 2.75) is 90.8 Å². The Kier molecular flexibility index (Phi) is 12.5. The third-order valence-electron chi connectivity index (χ3n) is 9.43. The minimum atomic E-state index is -5.12. The van der Waals surface area contributed by atoms with Crippen LogP contribution in [0, 0.1) is 10.8 Å². The lowest BCUT2D eigenvalue weighted by atomic mass is 9.98. The average Bonchev–Trinajstić information content (AvgIpc) is 3.96. The Balaban J connectivity index is 1.25. The van der Waals surface area contributed by atoms with Gasteiger partial charge in [-0.1, -0.05) is 0 Å². The Morgan fingerprint density at radius 2 is 1.26 bits per heavy atom. The fourth-order valence-corrected chi connectivity index (χ4v) is 8.55. The fraction of sp³-hybridized carbons (Fsp3) is 0.636. The largest absolute Gasteiger partial charge is 0.478 e. The van der Waals surface area contributed by atoms with E-state index < -0.39 is 121 Å². The number of imidazole rings is 2. The van der Waals surface area contributed by atoms with Crippen LogP contribution in [0.1, 0.15) is 54.0 Å². The van der Waals surface area contributed by atoms with Gasteiger partial charge in [0.15, 0.2) is 47.7 Å². The lowest BCUT2D eigenvalue weighted by Gasteiger charge is -2.28. The topological polar surface area (TPSA) is 300 Å². The minimum Gasteiger partial charge on any atom is -0.438 e. The van der Waals surface area contributed by atoms with Gasteiger partial charge in [0.25, 0.3) is 0 Å². The summed E-state index contributed by atoms with van der Waals surface area (Å²) in [5.74, 6) is -1.54. The molecule has 0 aliphatic carbocycles. The number of aromatic nitrogens is 8. The Bertz CT molecular complexity index is 2360. The van der Waals surface area contributed by atoms with Crippen LogP contribution in [0.5, 0.6) is 0 Å². The molecule has 4 aromatic rings. The number of phosphoric acid groups is 1. The predicted molar refractivity (Wildman–Crippen MR) is 202 cm³/mol. The monoisotopic (exact) mass is 904 g/mol. The molecule has 0 radical (unpaired) electrons. The Hall–Kier alpha value is -4.36. The first-order chi connectivity index (χ1) is 28.7. The van der Waals surface area contributed by atoms with Crippen molar-refractivity contribution in [1.29, 1.82) is 0 Å². The first-order valence-corrected chi connectivity index (χ1v) is 21.7. The number of rotatable bonds is 8. The molecule has 4 aromatic heterocycles. The molecule has 2 unspecified atom stereocenters. The lowest BCUT2D eigenvalue weighted by molar-refractivity contribution is -0.162. The summed E-state index contributed by atoms with van der Waals surface area (Å²) >= 11 is 0. The highest BCUT2D eigenvalue weighted by Crippen LogP contribution is 2.56. The van der Waals surface area contributed by atoms with Crippen molar-refractivity contribution in [2.75, 3.05) is 44.6 Å². The van der Waals surface area contributed by atoms with Crippen LogP contribution in [0.2, 0.25) is 0 Å². The van der Waals surface area contributed by atoms with Gasteiger partial charge in [0.05, 0.1) is 36.7 Å². The van der Waals surface area contributed by atoms with Gasteiger partial charge in [-0.15, -0.1) is 0 Å². The van der Waals surface area contributed by atoms with Crippen LogP contribution in [0.25, 0.3) is 22.3 Å². The molecule has 2 bridgehead atoms. The summed E-state index contributed by atoms with van der Waals surface area (Å²) < 4.78 is 121. The van der Waals surface area contributed by atoms with E-state index in [9.17, 15) is 18.7 Å². The lowest BCUT2D eigenvalue weighted by Crippen LogP contribution is -2.37. The van der Waals surface area contributed by atoms with Crippen LogP contribution in [-0.4, -0.2) is 121 Å². The summed E-state index contributed by atoms with van der Waals surface area (Å²) in [5.41, 5.74) is 10.3. The summed E-state index contributed by atoms with van der Waals surface area (Å²) in [7, 11) is -9.76. The molecule has 3 saturated heterocycles. The second kappa shape index (κ2) is 17.1. The van der Waals surface area contributed by atoms with E-state index in [1.165, 1.54) is 21.8 Å². The number of nitrogens with zero attached hydrogens (tertiary/aromatic N) is 8. The SMILES string of the molecule is CC(C)(C)C(=O)OCOP1(=O)CO[C@H]2[C@@H](F)[C@H](n3cnc4c(N)ncnc43)O[C@@H]2COP(=O)(OCOC(=O)C(C)(C)C)O[C@@H]2[C@H](F)[C@@H](CO1)O[C@H]2n1cnc2c(N)ncnc21. The van der Waals surface area contributed by atoms with Gasteiger partial charge in [-0.3, -0.25) is 36.9 Å². The number of alkyl halides is 2. The Labute approximate surface area is 345 Å². The van der Waals surface area contributed by atoms with Crippen molar-refractivity contribution in [2.24, 2.45) is 10.8 Å². The summed E-state index contributed by atoms with van der Waals surface area (Å²) in [6, 6.07) is 0. The number of hydrogen-bond donors (Lipinski definition) is 2. The van der Waals surface area contributed by atoms with Crippen molar-refractivity contribution >= 4 is 61.3 Å². The second-order valence-electron chi connectivity index (χ2n) is 16.0. The molecule has 28 heteroatoms. The maximum atomic E-state index is 16.8. The van der Waals surface area contributed by atoms with E-state index in [0.717, 1.165) is 12.7 Å². The van der Waals surface area contributed by atoms with Gasteiger partial charge in [-0.25, -0.2) is 47.8 Å². The molecule has 0 aromatic carbocycles. The van der Waals surface area contributed by atoms with E-state index in [0.29, 0.717) is 0 Å². The van der Waals surface area contributed by atoms with E-state index >= 15 is 8.78 Å². The smallest absolute Gasteiger partial charge is 0.438 e. The molecule has 3 fully saturated rings. The molecule has 334 valence electrons. The van der Waals surface area contributed by atoms with Gasteiger partial charge in [0, 0.05) is 0 Å². The Morgan fingerprint density at radius 1 is 0.738 bits per heavy atom. The standard InChI is InChI=1S/C33H44F2N10O14P2/c1-32(2,3)30(46)50-13-55-60(48)15-52-22-17(58-28(19(22)35)44-11-42-20-24(36)38-9-40-26(20)44)8-54-61(49,56-14-51-31(47)33(4,5)6)59-23-18(34)16(7-53-60)57-29(23)45-12-43-21-25(37)39-10-41-27(21)45/h9-12,16-19,22-23,28-29H,7-8,13-15H2,1-6H3,(H2,36,38,40)(H2,37,39,41)/t16-,17-,18-,19-,22-,23-,28-,29-,60?,61?/m1/s1. The maximum absolute atomic E-state index is 16.8. The van der Waals surface area contributed by atoms with Crippen molar-refractivity contribution in [3.8, 4) is 0 Å². The van der Waals surface area contributed by atoms with Crippen molar-refractivity contribution in [3.63, 3.8) is 0 Å². The quantitative estimate of drug-likeness (QED) is 0.145. The third-order valence-corrected chi connectivity index (χ3v) is 12.3. The van der Waals surface area contributed by atoms with E-state index in [-0.39, 0.29) is 34.0 Å². The molecular formula is C33H44F2N10O14P2. The van der Waals surface area contributed by atoms with Gasteiger partial charge >= 0.3 is 27.4 Å². The van der Waals surface area contributed by atoms with Gasteiger partial charge in [-0.2, -0.15) is 0 Å². The highest BCUT2D eigenvalue weighted by Gasteiger charge is 2.54. The zero-order chi connectivity index (χ0) is 44.1. The third kappa shape index (κ3) is 9.38. The molecule has 0 amide bonds. The summed E-state index contributed by atoms with van der Waals surface area (Å²) in [4.78, 5) is 49.6. The first-order valence-electron chi connectivity index (χ1n) is 18.5. The summed E-state index contributed by atoms with van der Waals surface area (Å²) in [6.45, 7) is 5.74. The van der Waals surface area contributed by atoms with Crippen molar-refractivity contribution < 1.29 is 73.8 Å². The zero-order valence-electron chi connectivity index (χ0n) is 33.6. The first kappa shape index (κ1) is 44.7. The average molecular weight is 905 g/mol. The normalized spacial score (nSPS) is 31.5. The van der Waals surface area contributed by atoms with Crippen LogP contribution in [0.4, 0.5) is 20.4 Å². The summed E-state index contributed by atoms with van der Waals surface area (Å²) in [6.07, 6.45) is -10.9. The number of carbonyl (C=O) groups is 2. The number of ether oxygens (including phenoxy) is 5. The van der Waals surface area contributed by atoms with E-state index in [1.807, 2.05) is 0 Å². The van der Waals surface area contributed by atoms with Crippen LogP contribution in [0.15, 0.2) is 25.3 Å². The molecular weight excluding hydrogens is 860 g/mol. The number of anilines is 2. The zero-order valence-corrected chi connectivity index (χ0v) is 35.4. The van der Waals surface area contributed by atoms with Gasteiger partial charge < -0.3 is 39.7 Å². The minimum absolute atomic E-state index is 0.0116. The number of fused-ring (bicyclic) bond motifs is 5. The number of esters is 2. The number of phosphoric ester groups is 1. The van der Waals surface area contributed by atoms with Gasteiger partial charge in [0.1, 0.15) is 54.5 Å². The maximum Gasteiger partial charge on any atom is 0.478 e. The van der Waals surface area contributed by atoms with E-state index in [2.05, 4.69) is 29.9 Å². The highest BCUT2D eigenvalue weighted by molar-refractivity contribution is 7.53. The molecule has 7 rings (SSSR count). The molecule has 61 heavy (non-hydrogen) atoms. The number of carbonyl (C=O) groups excluding carboxylic acids is 2. The van der Waals surface area contributed by atoms with E-state index in [4.69, 9.17) is 57.8 Å². The van der Waals surface area contributed by atoms with Crippen LogP contribution in [0.3, 0.4) is 0 Å². The molecule has 3 aliphatic heterocycles. The molecule has 0 spiro atoms. The molecule has 4 N–H and O–H groups in total. The van der Waals surface area contributed by atoms with Gasteiger partial charge in [0.2, 0.25) is 13.6 Å². The molecule has 3 aliphatic rings.